The van der Waals surface area contributed by atoms with Crippen molar-refractivity contribution < 1.29 is 4.92 Å². The Labute approximate surface area is 111 Å². The van der Waals surface area contributed by atoms with Crippen LogP contribution < -0.4 is 10.6 Å². The summed E-state index contributed by atoms with van der Waals surface area (Å²) in [6, 6.07) is 4.97. The van der Waals surface area contributed by atoms with Crippen LogP contribution in [0.1, 0.15) is 19.8 Å². The number of rotatable bonds is 3. The van der Waals surface area contributed by atoms with E-state index in [1.54, 1.807) is 12.1 Å². The molecule has 0 radical (unpaired) electrons. The van der Waals surface area contributed by atoms with Gasteiger partial charge in [0.15, 0.2) is 0 Å². The van der Waals surface area contributed by atoms with Crippen LogP contribution in [0.2, 0.25) is 5.02 Å². The minimum Gasteiger partial charge on any atom is -0.374 e. The van der Waals surface area contributed by atoms with Crippen molar-refractivity contribution in [2.45, 2.75) is 25.3 Å². The Morgan fingerprint density at radius 1 is 1.44 bits per heavy atom. The van der Waals surface area contributed by atoms with E-state index in [1.807, 2.05) is 0 Å². The standard InChI is InChI=1S/C12H16ClN3O2/c1-12(5-7-14-8-6-12)15-10-4-2-3-9(13)11(10)16(17)18/h2-4,14-15H,5-8H2,1H3. The van der Waals surface area contributed by atoms with Crippen molar-refractivity contribution in [3.8, 4) is 0 Å². The summed E-state index contributed by atoms with van der Waals surface area (Å²) in [6.07, 6.45) is 1.85. The number of halogens is 1. The normalized spacial score (nSPS) is 18.3. The molecule has 2 rings (SSSR count). The molecule has 6 heteroatoms. The molecule has 0 bridgehead atoms. The van der Waals surface area contributed by atoms with Gasteiger partial charge in [0.1, 0.15) is 10.7 Å². The van der Waals surface area contributed by atoms with Crippen molar-refractivity contribution in [3.05, 3.63) is 33.3 Å². The number of benzene rings is 1. The molecule has 5 nitrogen and oxygen atoms in total. The summed E-state index contributed by atoms with van der Waals surface area (Å²) in [4.78, 5) is 10.6. The predicted octanol–water partition coefficient (Wildman–Crippen LogP) is 2.80. The highest BCUT2D eigenvalue weighted by atomic mass is 35.5. The average molecular weight is 270 g/mol. The quantitative estimate of drug-likeness (QED) is 0.654. The third-order valence-electron chi connectivity index (χ3n) is 3.31. The Morgan fingerprint density at radius 3 is 2.72 bits per heavy atom. The summed E-state index contributed by atoms with van der Waals surface area (Å²) in [5.41, 5.74) is 0.330. The maximum absolute atomic E-state index is 11.1. The van der Waals surface area contributed by atoms with E-state index in [0.29, 0.717) is 5.69 Å². The van der Waals surface area contributed by atoms with E-state index in [9.17, 15) is 10.1 Å². The van der Waals surface area contributed by atoms with Crippen LogP contribution in [-0.2, 0) is 0 Å². The first-order valence-electron chi connectivity index (χ1n) is 5.94. The van der Waals surface area contributed by atoms with E-state index < -0.39 is 4.92 Å². The van der Waals surface area contributed by atoms with E-state index in [-0.39, 0.29) is 16.2 Å². The van der Waals surface area contributed by atoms with Crippen LogP contribution in [0.4, 0.5) is 11.4 Å². The van der Waals surface area contributed by atoms with E-state index in [2.05, 4.69) is 17.6 Å². The number of nitrogens with one attached hydrogen (secondary N) is 2. The summed E-state index contributed by atoms with van der Waals surface area (Å²) >= 11 is 5.89. The number of para-hydroxylation sites is 1. The van der Waals surface area contributed by atoms with E-state index in [0.717, 1.165) is 25.9 Å². The molecule has 0 aromatic heterocycles. The second kappa shape index (κ2) is 5.12. The summed E-state index contributed by atoms with van der Waals surface area (Å²) < 4.78 is 0. The average Bonchev–Trinajstić information content (AvgIpc) is 2.28. The Hall–Kier alpha value is -1.33. The van der Waals surface area contributed by atoms with Gasteiger partial charge in [-0.25, -0.2) is 0 Å². The number of nitro benzene ring substituents is 1. The molecular formula is C12H16ClN3O2. The lowest BCUT2D eigenvalue weighted by Crippen LogP contribution is -2.45. The van der Waals surface area contributed by atoms with Gasteiger partial charge >= 0.3 is 5.69 Å². The molecule has 1 aromatic rings. The fourth-order valence-corrected chi connectivity index (χ4v) is 2.47. The number of hydrogen-bond donors (Lipinski definition) is 2. The molecule has 98 valence electrons. The highest BCUT2D eigenvalue weighted by molar-refractivity contribution is 6.33. The van der Waals surface area contributed by atoms with Crippen LogP contribution in [0.15, 0.2) is 18.2 Å². The van der Waals surface area contributed by atoms with Gasteiger partial charge in [-0.3, -0.25) is 10.1 Å². The van der Waals surface area contributed by atoms with E-state index in [1.165, 1.54) is 6.07 Å². The van der Waals surface area contributed by atoms with Gasteiger partial charge in [0.25, 0.3) is 0 Å². The minimum absolute atomic E-state index is 0.0427. The van der Waals surface area contributed by atoms with Gasteiger partial charge < -0.3 is 10.6 Å². The summed E-state index contributed by atoms with van der Waals surface area (Å²) in [5.74, 6) is 0. The fraction of sp³-hybridized carbons (Fsp3) is 0.500. The first-order chi connectivity index (χ1) is 8.52. The van der Waals surface area contributed by atoms with Crippen molar-refractivity contribution in [3.63, 3.8) is 0 Å². The largest absolute Gasteiger partial charge is 0.374 e. The third kappa shape index (κ3) is 2.73. The molecule has 1 aliphatic heterocycles. The van der Waals surface area contributed by atoms with Gasteiger partial charge in [-0.15, -0.1) is 0 Å². The molecule has 0 spiro atoms. The molecule has 0 aliphatic carbocycles. The molecule has 0 amide bonds. The molecule has 1 aromatic carbocycles. The van der Waals surface area contributed by atoms with Gasteiger partial charge in [-0.05, 0) is 45.0 Å². The van der Waals surface area contributed by atoms with Crippen molar-refractivity contribution in [2.24, 2.45) is 0 Å². The number of nitro groups is 1. The number of hydrogen-bond acceptors (Lipinski definition) is 4. The summed E-state index contributed by atoms with van der Waals surface area (Å²) in [6.45, 7) is 3.91. The molecule has 1 fully saturated rings. The molecule has 0 atom stereocenters. The van der Waals surface area contributed by atoms with Gasteiger partial charge in [0.2, 0.25) is 0 Å². The maximum Gasteiger partial charge on any atom is 0.310 e. The van der Waals surface area contributed by atoms with Crippen LogP contribution in [0, 0.1) is 10.1 Å². The maximum atomic E-state index is 11.1. The smallest absolute Gasteiger partial charge is 0.310 e. The van der Waals surface area contributed by atoms with Crippen molar-refractivity contribution in [2.75, 3.05) is 18.4 Å². The lowest BCUT2D eigenvalue weighted by molar-refractivity contribution is -0.383. The van der Waals surface area contributed by atoms with Crippen LogP contribution in [0.5, 0.6) is 0 Å². The highest BCUT2D eigenvalue weighted by Crippen LogP contribution is 2.35. The van der Waals surface area contributed by atoms with Crippen LogP contribution in [-0.4, -0.2) is 23.6 Å². The Kier molecular flexibility index (Phi) is 3.73. The second-order valence-electron chi connectivity index (χ2n) is 4.83. The summed E-state index contributed by atoms with van der Waals surface area (Å²) in [7, 11) is 0. The Bertz CT molecular complexity index is 459. The number of nitrogens with zero attached hydrogens (tertiary/aromatic N) is 1. The number of piperidine rings is 1. The Morgan fingerprint density at radius 2 is 2.11 bits per heavy atom. The lowest BCUT2D eigenvalue weighted by atomic mass is 9.90. The monoisotopic (exact) mass is 269 g/mol. The minimum atomic E-state index is -0.435. The first kappa shape index (κ1) is 13.1. The van der Waals surface area contributed by atoms with E-state index >= 15 is 0 Å². The number of anilines is 1. The van der Waals surface area contributed by atoms with Crippen molar-refractivity contribution >= 4 is 23.0 Å². The topological polar surface area (TPSA) is 67.2 Å². The summed E-state index contributed by atoms with van der Waals surface area (Å²) in [5, 5.41) is 17.8. The molecule has 0 unspecified atom stereocenters. The van der Waals surface area contributed by atoms with E-state index in [4.69, 9.17) is 11.6 Å². The zero-order valence-electron chi connectivity index (χ0n) is 10.2. The molecule has 18 heavy (non-hydrogen) atoms. The van der Waals surface area contributed by atoms with Crippen LogP contribution in [0.25, 0.3) is 0 Å². The van der Waals surface area contributed by atoms with Gasteiger partial charge in [0, 0.05) is 5.54 Å². The molecule has 1 aliphatic rings. The Balaban J connectivity index is 2.28. The molecule has 2 N–H and O–H groups in total. The van der Waals surface area contributed by atoms with Gasteiger partial charge in [0.05, 0.1) is 4.92 Å². The third-order valence-corrected chi connectivity index (χ3v) is 3.62. The fourth-order valence-electron chi connectivity index (χ4n) is 2.23. The van der Waals surface area contributed by atoms with Crippen LogP contribution >= 0.6 is 11.6 Å². The van der Waals surface area contributed by atoms with Crippen LogP contribution in [0.3, 0.4) is 0 Å². The highest BCUT2D eigenvalue weighted by Gasteiger charge is 2.29. The van der Waals surface area contributed by atoms with Gasteiger partial charge in [-0.2, -0.15) is 0 Å². The van der Waals surface area contributed by atoms with Crippen molar-refractivity contribution in [1.29, 1.82) is 0 Å². The first-order valence-corrected chi connectivity index (χ1v) is 6.31. The lowest BCUT2D eigenvalue weighted by Gasteiger charge is -2.35. The van der Waals surface area contributed by atoms with Crippen molar-refractivity contribution in [1.82, 2.24) is 5.32 Å². The molecule has 1 heterocycles. The molecule has 0 saturated carbocycles. The van der Waals surface area contributed by atoms with Gasteiger partial charge in [-0.1, -0.05) is 17.7 Å². The zero-order valence-corrected chi connectivity index (χ0v) is 11.0. The molecule has 1 saturated heterocycles. The zero-order chi connectivity index (χ0) is 13.2. The second-order valence-corrected chi connectivity index (χ2v) is 5.24. The molecular weight excluding hydrogens is 254 g/mol. The SMILES string of the molecule is CC1(Nc2cccc(Cl)c2[N+](=O)[O-])CCNCC1. The predicted molar refractivity (Wildman–Crippen MR) is 72.2 cm³/mol.